The van der Waals surface area contributed by atoms with E-state index in [1.165, 1.54) is 11.3 Å². The van der Waals surface area contributed by atoms with Gasteiger partial charge in [-0.1, -0.05) is 12.1 Å². The van der Waals surface area contributed by atoms with Crippen molar-refractivity contribution in [2.45, 2.75) is 26.2 Å². The number of carbonyl (C=O) groups is 3. The third-order valence-corrected chi connectivity index (χ3v) is 5.69. The number of thioether (sulfide) groups is 1. The van der Waals surface area contributed by atoms with Crippen molar-refractivity contribution in [2.24, 2.45) is 0 Å². The van der Waals surface area contributed by atoms with Crippen LogP contribution in [0.25, 0.3) is 6.08 Å². The fourth-order valence-corrected chi connectivity index (χ4v) is 4.36. The number of hydrogen-bond donors (Lipinski definition) is 0. The standard InChI is InChI=1S/C17H18N2O3S2/c1-2-18(12-6-3-4-7-12)15(20)11-19-16(21)14(24-17(19)22)10-13-8-5-9-23-13/h5-6,8-10H,2-4,7,11H2,1H3/b14-10-. The van der Waals surface area contributed by atoms with Gasteiger partial charge in [-0.3, -0.25) is 19.3 Å². The summed E-state index contributed by atoms with van der Waals surface area (Å²) in [4.78, 5) is 41.1. The van der Waals surface area contributed by atoms with Gasteiger partial charge in [0.25, 0.3) is 11.1 Å². The summed E-state index contributed by atoms with van der Waals surface area (Å²) in [6.45, 7) is 2.26. The average Bonchev–Trinajstić information content (AvgIpc) is 3.29. The highest BCUT2D eigenvalue weighted by Crippen LogP contribution is 2.33. The van der Waals surface area contributed by atoms with Crippen LogP contribution in [-0.2, 0) is 9.59 Å². The van der Waals surface area contributed by atoms with E-state index in [9.17, 15) is 14.4 Å². The van der Waals surface area contributed by atoms with E-state index in [2.05, 4.69) is 6.08 Å². The summed E-state index contributed by atoms with van der Waals surface area (Å²) in [5, 5.41) is 1.53. The Labute approximate surface area is 149 Å². The highest BCUT2D eigenvalue weighted by atomic mass is 32.2. The molecule has 0 saturated carbocycles. The van der Waals surface area contributed by atoms with Gasteiger partial charge in [0.2, 0.25) is 5.91 Å². The molecule has 1 aliphatic heterocycles. The Morgan fingerprint density at radius 1 is 1.42 bits per heavy atom. The van der Waals surface area contributed by atoms with Crippen molar-refractivity contribution in [3.05, 3.63) is 39.1 Å². The Morgan fingerprint density at radius 2 is 2.25 bits per heavy atom. The number of amides is 3. The summed E-state index contributed by atoms with van der Waals surface area (Å²) in [5.74, 6) is -0.589. The molecule has 1 fully saturated rings. The Bertz CT molecular complexity index is 722. The van der Waals surface area contributed by atoms with Crippen LogP contribution in [0, 0.1) is 0 Å². The number of rotatable bonds is 5. The van der Waals surface area contributed by atoms with Crippen LogP contribution in [0.3, 0.4) is 0 Å². The van der Waals surface area contributed by atoms with Crippen molar-refractivity contribution in [1.82, 2.24) is 9.80 Å². The van der Waals surface area contributed by atoms with Crippen LogP contribution in [-0.4, -0.2) is 39.9 Å². The molecule has 0 unspecified atom stereocenters. The molecule has 3 amide bonds. The molecule has 24 heavy (non-hydrogen) atoms. The maximum atomic E-state index is 12.5. The number of nitrogens with zero attached hydrogens (tertiary/aromatic N) is 2. The average molecular weight is 362 g/mol. The topological polar surface area (TPSA) is 57.7 Å². The molecule has 1 aromatic rings. The lowest BCUT2D eigenvalue weighted by Crippen LogP contribution is -2.41. The molecule has 1 aliphatic carbocycles. The first-order chi connectivity index (χ1) is 11.6. The van der Waals surface area contributed by atoms with Crippen LogP contribution < -0.4 is 0 Å². The van der Waals surface area contributed by atoms with E-state index in [-0.39, 0.29) is 23.6 Å². The maximum Gasteiger partial charge on any atom is 0.294 e. The zero-order valence-corrected chi connectivity index (χ0v) is 15.0. The van der Waals surface area contributed by atoms with Crippen molar-refractivity contribution < 1.29 is 14.4 Å². The molecular weight excluding hydrogens is 344 g/mol. The molecule has 0 radical (unpaired) electrons. The van der Waals surface area contributed by atoms with Crippen molar-refractivity contribution >= 4 is 46.2 Å². The van der Waals surface area contributed by atoms with Gasteiger partial charge in [0.1, 0.15) is 6.54 Å². The minimum atomic E-state index is -0.386. The molecule has 3 rings (SSSR count). The molecule has 0 atom stereocenters. The van der Waals surface area contributed by atoms with Crippen molar-refractivity contribution in [1.29, 1.82) is 0 Å². The van der Waals surface area contributed by atoms with E-state index >= 15 is 0 Å². The zero-order valence-electron chi connectivity index (χ0n) is 13.4. The normalized spacial score (nSPS) is 19.3. The highest BCUT2D eigenvalue weighted by Gasteiger charge is 2.37. The van der Waals surface area contributed by atoms with Gasteiger partial charge in [0.15, 0.2) is 0 Å². The van der Waals surface area contributed by atoms with Gasteiger partial charge in [-0.15, -0.1) is 11.3 Å². The fraction of sp³-hybridized carbons (Fsp3) is 0.353. The number of thiophene rings is 1. The largest absolute Gasteiger partial charge is 0.315 e. The summed E-state index contributed by atoms with van der Waals surface area (Å²) < 4.78 is 0. The van der Waals surface area contributed by atoms with Crippen molar-refractivity contribution in [3.8, 4) is 0 Å². The molecule has 7 heteroatoms. The second-order valence-electron chi connectivity index (χ2n) is 5.51. The number of likely N-dealkylation sites (N-methyl/N-ethyl adjacent to an activating group) is 1. The van der Waals surface area contributed by atoms with Crippen LogP contribution in [0.4, 0.5) is 4.79 Å². The molecular formula is C17H18N2O3S2. The van der Waals surface area contributed by atoms with Gasteiger partial charge in [-0.25, -0.2) is 0 Å². The third-order valence-electron chi connectivity index (χ3n) is 3.96. The predicted molar refractivity (Wildman–Crippen MR) is 96.3 cm³/mol. The second kappa shape index (κ2) is 7.36. The van der Waals surface area contributed by atoms with E-state index in [1.807, 2.05) is 24.4 Å². The number of carbonyl (C=O) groups excluding carboxylic acids is 3. The Kier molecular flexibility index (Phi) is 5.20. The zero-order chi connectivity index (χ0) is 17.1. The van der Waals surface area contributed by atoms with Crippen molar-refractivity contribution in [3.63, 3.8) is 0 Å². The third kappa shape index (κ3) is 3.47. The van der Waals surface area contributed by atoms with Crippen LogP contribution >= 0.6 is 23.1 Å². The Morgan fingerprint density at radius 3 is 2.88 bits per heavy atom. The Balaban J connectivity index is 1.71. The lowest BCUT2D eigenvalue weighted by Gasteiger charge is -2.24. The van der Waals surface area contributed by atoms with E-state index in [0.29, 0.717) is 11.4 Å². The summed E-state index contributed by atoms with van der Waals surface area (Å²) in [6, 6.07) is 3.77. The SMILES string of the molecule is CCN(C(=O)CN1C(=O)S/C(=C\c2cccs2)C1=O)C1=CCCC1. The molecule has 5 nitrogen and oxygen atoms in total. The van der Waals surface area contributed by atoms with Gasteiger partial charge >= 0.3 is 0 Å². The summed E-state index contributed by atoms with van der Waals surface area (Å²) in [7, 11) is 0. The van der Waals surface area contributed by atoms with E-state index in [4.69, 9.17) is 0 Å². The first-order valence-corrected chi connectivity index (χ1v) is 9.58. The van der Waals surface area contributed by atoms with Gasteiger partial charge < -0.3 is 4.90 Å². The van der Waals surface area contributed by atoms with Gasteiger partial charge in [0, 0.05) is 17.1 Å². The first kappa shape index (κ1) is 17.0. The predicted octanol–water partition coefficient (Wildman–Crippen LogP) is 3.70. The van der Waals surface area contributed by atoms with Gasteiger partial charge in [-0.05, 0) is 55.5 Å². The molecule has 2 aliphatic rings. The monoisotopic (exact) mass is 362 g/mol. The number of allylic oxidation sites excluding steroid dienone is 2. The number of imide groups is 1. The molecule has 0 spiro atoms. The maximum absolute atomic E-state index is 12.5. The molecule has 126 valence electrons. The van der Waals surface area contributed by atoms with Crippen molar-refractivity contribution in [2.75, 3.05) is 13.1 Å². The molecule has 1 aromatic heterocycles. The van der Waals surface area contributed by atoms with E-state index < -0.39 is 0 Å². The minimum Gasteiger partial charge on any atom is -0.315 e. The van der Waals surface area contributed by atoms with Crippen LogP contribution in [0.5, 0.6) is 0 Å². The quantitative estimate of drug-likeness (QED) is 0.750. The molecule has 0 N–H and O–H groups in total. The van der Waals surface area contributed by atoms with Crippen LogP contribution in [0.2, 0.25) is 0 Å². The van der Waals surface area contributed by atoms with E-state index in [0.717, 1.165) is 46.5 Å². The smallest absolute Gasteiger partial charge is 0.294 e. The molecule has 0 aromatic carbocycles. The molecule has 2 heterocycles. The lowest BCUT2D eigenvalue weighted by molar-refractivity contribution is -0.134. The Hall–Kier alpha value is -1.86. The van der Waals surface area contributed by atoms with Crippen LogP contribution in [0.1, 0.15) is 31.1 Å². The molecule has 0 bridgehead atoms. The fourth-order valence-electron chi connectivity index (χ4n) is 2.80. The summed E-state index contributed by atoms with van der Waals surface area (Å²) in [6.07, 6.45) is 6.66. The second-order valence-corrected chi connectivity index (χ2v) is 7.48. The lowest BCUT2D eigenvalue weighted by atomic mass is 10.3. The summed E-state index contributed by atoms with van der Waals surface area (Å²) >= 11 is 2.39. The van der Waals surface area contributed by atoms with E-state index in [1.54, 1.807) is 11.0 Å². The molecule has 1 saturated heterocycles. The highest BCUT2D eigenvalue weighted by molar-refractivity contribution is 8.18. The first-order valence-electron chi connectivity index (χ1n) is 7.88. The minimum absolute atomic E-state index is 0.197. The van der Waals surface area contributed by atoms with Crippen LogP contribution in [0.15, 0.2) is 34.2 Å². The number of hydrogen-bond acceptors (Lipinski definition) is 5. The van der Waals surface area contributed by atoms with Gasteiger partial charge in [-0.2, -0.15) is 0 Å². The summed E-state index contributed by atoms with van der Waals surface area (Å²) in [5.41, 5.74) is 1.00. The van der Waals surface area contributed by atoms with Gasteiger partial charge in [0.05, 0.1) is 4.91 Å².